The van der Waals surface area contributed by atoms with Gasteiger partial charge in [-0.3, -0.25) is 9.59 Å². The number of hydrogen-bond acceptors (Lipinski definition) is 5. The van der Waals surface area contributed by atoms with E-state index in [0.29, 0.717) is 43.0 Å². The lowest BCUT2D eigenvalue weighted by molar-refractivity contribution is -0.116. The highest BCUT2D eigenvalue weighted by Gasteiger charge is 2.29. The smallest absolute Gasteiger partial charge is 0.265 e. The molecular formula is C24H25N3O4S2. The molecule has 2 aromatic carbocycles. The second kappa shape index (κ2) is 9.86. The van der Waals surface area contributed by atoms with E-state index in [1.54, 1.807) is 12.1 Å². The van der Waals surface area contributed by atoms with Crippen molar-refractivity contribution in [3.63, 3.8) is 0 Å². The Morgan fingerprint density at radius 1 is 1.09 bits per heavy atom. The van der Waals surface area contributed by atoms with Crippen molar-refractivity contribution in [3.8, 4) is 0 Å². The summed E-state index contributed by atoms with van der Waals surface area (Å²) < 4.78 is 28.5. The predicted molar refractivity (Wildman–Crippen MR) is 131 cm³/mol. The van der Waals surface area contributed by atoms with Crippen molar-refractivity contribution in [2.45, 2.75) is 17.7 Å². The van der Waals surface area contributed by atoms with Crippen LogP contribution in [0.1, 0.15) is 22.5 Å². The van der Waals surface area contributed by atoms with Crippen molar-refractivity contribution in [1.82, 2.24) is 9.62 Å². The van der Waals surface area contributed by atoms with Crippen LogP contribution >= 0.6 is 11.3 Å². The Morgan fingerprint density at radius 2 is 1.79 bits per heavy atom. The fourth-order valence-corrected chi connectivity index (χ4v) is 6.24. The van der Waals surface area contributed by atoms with Crippen LogP contribution in [0, 0.1) is 5.92 Å². The quantitative estimate of drug-likeness (QED) is 0.499. The van der Waals surface area contributed by atoms with Gasteiger partial charge < -0.3 is 10.6 Å². The molecule has 0 atom stereocenters. The molecule has 0 aliphatic carbocycles. The number of fused-ring (bicyclic) bond motifs is 1. The fraction of sp³-hybridized carbons (Fsp3) is 0.250. The molecule has 7 nitrogen and oxygen atoms in total. The maximum absolute atomic E-state index is 13.0. The number of nitrogens with one attached hydrogen (secondary N) is 2. The van der Waals surface area contributed by atoms with Gasteiger partial charge in [-0.2, -0.15) is 4.31 Å². The number of nitrogens with zero attached hydrogens (tertiary/aromatic N) is 1. The number of amides is 2. The summed E-state index contributed by atoms with van der Waals surface area (Å²) in [7, 11) is -3.62. The minimum Gasteiger partial charge on any atom is -0.352 e. The first kappa shape index (κ1) is 23.2. The van der Waals surface area contributed by atoms with Crippen LogP contribution in [0.4, 0.5) is 5.69 Å². The highest BCUT2D eigenvalue weighted by molar-refractivity contribution is 7.89. The number of benzene rings is 2. The SMILES string of the molecule is C=CC(=O)NCC1CCN(S(=O)(=O)c2ccc(NC(=O)c3cc4ccccc4s3)cc2)CC1. The Balaban J connectivity index is 1.36. The van der Waals surface area contributed by atoms with Gasteiger partial charge in [0.2, 0.25) is 15.9 Å². The van der Waals surface area contributed by atoms with Gasteiger partial charge in [0.05, 0.1) is 9.77 Å². The van der Waals surface area contributed by atoms with Gasteiger partial charge in [-0.15, -0.1) is 11.3 Å². The molecule has 1 saturated heterocycles. The van der Waals surface area contributed by atoms with Crippen molar-refractivity contribution >= 4 is 48.9 Å². The van der Waals surface area contributed by atoms with Crippen molar-refractivity contribution in [2.75, 3.05) is 25.0 Å². The number of rotatable bonds is 7. The summed E-state index contributed by atoms with van der Waals surface area (Å²) in [6, 6.07) is 15.9. The van der Waals surface area contributed by atoms with E-state index in [1.807, 2.05) is 30.3 Å². The summed E-state index contributed by atoms with van der Waals surface area (Å²) in [6.07, 6.45) is 2.59. The van der Waals surface area contributed by atoms with Gasteiger partial charge in [-0.25, -0.2) is 8.42 Å². The first-order chi connectivity index (χ1) is 15.9. The van der Waals surface area contributed by atoms with Gasteiger partial charge >= 0.3 is 0 Å². The van der Waals surface area contributed by atoms with Gasteiger partial charge in [0.15, 0.2) is 0 Å². The topological polar surface area (TPSA) is 95.6 Å². The summed E-state index contributed by atoms with van der Waals surface area (Å²) in [5.41, 5.74) is 0.535. The molecule has 2 heterocycles. The Morgan fingerprint density at radius 3 is 2.45 bits per heavy atom. The Hall–Kier alpha value is -3.01. The van der Waals surface area contributed by atoms with Crippen LogP contribution in [0.3, 0.4) is 0 Å². The van der Waals surface area contributed by atoms with Crippen LogP contribution < -0.4 is 10.6 Å². The molecular weight excluding hydrogens is 458 g/mol. The van der Waals surface area contributed by atoms with E-state index in [9.17, 15) is 18.0 Å². The highest BCUT2D eigenvalue weighted by Crippen LogP contribution is 2.27. The average Bonchev–Trinajstić information content (AvgIpc) is 3.28. The van der Waals surface area contributed by atoms with Gasteiger partial charge in [0, 0.05) is 30.0 Å². The summed E-state index contributed by atoms with van der Waals surface area (Å²) in [6.45, 7) is 4.76. The largest absolute Gasteiger partial charge is 0.352 e. The van der Waals surface area contributed by atoms with Gasteiger partial charge in [0.25, 0.3) is 5.91 Å². The van der Waals surface area contributed by atoms with E-state index in [2.05, 4.69) is 17.2 Å². The fourth-order valence-electron chi connectivity index (χ4n) is 3.82. The van der Waals surface area contributed by atoms with Crippen molar-refractivity contribution < 1.29 is 18.0 Å². The lowest BCUT2D eigenvalue weighted by Gasteiger charge is -2.31. The predicted octanol–water partition coefficient (Wildman–Crippen LogP) is 3.86. The van der Waals surface area contributed by atoms with E-state index < -0.39 is 10.0 Å². The minimum absolute atomic E-state index is 0.195. The lowest BCUT2D eigenvalue weighted by atomic mass is 9.98. The van der Waals surface area contributed by atoms with Gasteiger partial charge in [-0.1, -0.05) is 24.8 Å². The maximum atomic E-state index is 13.0. The lowest BCUT2D eigenvalue weighted by Crippen LogP contribution is -2.41. The normalized spacial score (nSPS) is 15.3. The maximum Gasteiger partial charge on any atom is 0.265 e. The van der Waals surface area contributed by atoms with Crippen LogP contribution in [0.2, 0.25) is 0 Å². The minimum atomic E-state index is -3.62. The first-order valence-corrected chi connectivity index (χ1v) is 12.9. The Labute approximate surface area is 197 Å². The summed E-state index contributed by atoms with van der Waals surface area (Å²) >= 11 is 1.41. The molecule has 2 N–H and O–H groups in total. The van der Waals surface area contributed by atoms with E-state index >= 15 is 0 Å². The number of sulfonamides is 1. The molecule has 4 rings (SSSR count). The van der Waals surface area contributed by atoms with E-state index in [-0.39, 0.29) is 22.6 Å². The zero-order chi connectivity index (χ0) is 23.4. The number of piperidine rings is 1. The number of carbonyl (C=O) groups excluding carboxylic acids is 2. The Bertz CT molecular complexity index is 1240. The zero-order valence-corrected chi connectivity index (χ0v) is 19.6. The molecule has 0 radical (unpaired) electrons. The molecule has 1 aromatic heterocycles. The van der Waals surface area contributed by atoms with Crippen molar-refractivity contribution in [1.29, 1.82) is 0 Å². The average molecular weight is 484 g/mol. The number of carbonyl (C=O) groups is 2. The molecule has 3 aromatic rings. The molecule has 33 heavy (non-hydrogen) atoms. The summed E-state index contributed by atoms with van der Waals surface area (Å²) in [5.74, 6) is -0.200. The molecule has 1 fully saturated rings. The molecule has 1 aliphatic heterocycles. The van der Waals surface area contributed by atoms with E-state index in [4.69, 9.17) is 0 Å². The third-order valence-corrected chi connectivity index (χ3v) is 8.75. The van der Waals surface area contributed by atoms with Gasteiger partial charge in [-0.05, 0) is 66.6 Å². The number of hydrogen-bond donors (Lipinski definition) is 2. The third-order valence-electron chi connectivity index (χ3n) is 5.72. The van der Waals surface area contributed by atoms with E-state index in [1.165, 1.54) is 33.9 Å². The monoisotopic (exact) mass is 483 g/mol. The second-order valence-corrected chi connectivity index (χ2v) is 10.9. The Kier molecular flexibility index (Phi) is 6.92. The van der Waals surface area contributed by atoms with Crippen LogP contribution in [-0.4, -0.2) is 44.2 Å². The molecule has 0 unspecified atom stereocenters. The molecule has 0 bridgehead atoms. The summed E-state index contributed by atoms with van der Waals surface area (Å²) in [5, 5.41) is 6.62. The molecule has 1 aliphatic rings. The third kappa shape index (κ3) is 5.32. The molecule has 0 spiro atoms. The standard InChI is InChI=1S/C24H25N3O4S2/c1-2-23(28)25-16-17-11-13-27(14-12-17)33(30,31)20-9-7-19(8-10-20)26-24(29)22-15-18-5-3-4-6-21(18)32-22/h2-10,15,17H,1,11-14,16H2,(H,25,28)(H,26,29). The number of anilines is 1. The van der Waals surface area contributed by atoms with Crippen LogP contribution in [-0.2, 0) is 14.8 Å². The molecule has 172 valence electrons. The highest BCUT2D eigenvalue weighted by atomic mass is 32.2. The second-order valence-electron chi connectivity index (χ2n) is 7.92. The van der Waals surface area contributed by atoms with Crippen LogP contribution in [0.25, 0.3) is 10.1 Å². The summed E-state index contributed by atoms with van der Waals surface area (Å²) in [4.78, 5) is 24.7. The van der Waals surface area contributed by atoms with Crippen molar-refractivity contribution in [2.24, 2.45) is 5.92 Å². The zero-order valence-electron chi connectivity index (χ0n) is 18.0. The number of thiophene rings is 1. The molecule has 0 saturated carbocycles. The molecule has 9 heteroatoms. The first-order valence-electron chi connectivity index (χ1n) is 10.7. The van der Waals surface area contributed by atoms with Gasteiger partial charge in [0.1, 0.15) is 0 Å². The molecule has 2 amide bonds. The van der Waals surface area contributed by atoms with E-state index in [0.717, 1.165) is 10.1 Å². The van der Waals surface area contributed by atoms with Crippen LogP contribution in [0.15, 0.2) is 72.1 Å². The van der Waals surface area contributed by atoms with Crippen molar-refractivity contribution in [3.05, 3.63) is 72.1 Å². The van der Waals surface area contributed by atoms with Crippen LogP contribution in [0.5, 0.6) is 0 Å².